The van der Waals surface area contributed by atoms with E-state index in [0.29, 0.717) is 28.8 Å². The molecule has 178 valence electrons. The van der Waals surface area contributed by atoms with Gasteiger partial charge < -0.3 is 19.5 Å². The van der Waals surface area contributed by atoms with Gasteiger partial charge >= 0.3 is 5.97 Å². The Morgan fingerprint density at radius 1 is 1.15 bits per heavy atom. The van der Waals surface area contributed by atoms with Gasteiger partial charge in [0.1, 0.15) is 11.9 Å². The van der Waals surface area contributed by atoms with E-state index in [2.05, 4.69) is 10.1 Å². The third-order valence-corrected chi connectivity index (χ3v) is 5.63. The molecule has 0 radical (unpaired) electrons. The fourth-order valence-corrected chi connectivity index (χ4v) is 3.96. The van der Waals surface area contributed by atoms with Crippen molar-refractivity contribution in [2.75, 3.05) is 26.1 Å². The molecule has 1 saturated heterocycles. The molecule has 3 amide bonds. The average molecular weight is 488 g/mol. The molecule has 0 bridgehead atoms. The summed E-state index contributed by atoms with van der Waals surface area (Å²) in [4.78, 5) is 50.1. The number of esters is 1. The van der Waals surface area contributed by atoms with Crippen LogP contribution < -0.4 is 14.8 Å². The monoisotopic (exact) mass is 488 g/mol. The molecule has 0 saturated carbocycles. The lowest BCUT2D eigenvalue weighted by Crippen LogP contribution is -2.42. The highest BCUT2D eigenvalue weighted by molar-refractivity contribution is 8.18. The molecule has 2 aromatic rings. The fraction of sp³-hybridized carbons (Fsp3) is 0.217. The second-order valence-electron chi connectivity index (χ2n) is 6.97. The van der Waals surface area contributed by atoms with Crippen molar-refractivity contribution in [3.05, 3.63) is 58.8 Å². The first-order chi connectivity index (χ1) is 16.2. The Bertz CT molecular complexity index is 1150. The standard InChI is InChI=1S/C23H21FN2O7S/c1-13(22(29)32-3)26-21(28)18(34-23(26)30)11-14-5-4-6-17(31-2)20(14)33-12-19(27)25-16-9-7-15(24)8-10-16/h4-11,13H,12H2,1-3H3,(H,25,27)/b18-11+/t13-/m0/s1. The molecule has 2 aromatic carbocycles. The Hall–Kier alpha value is -3.86. The second-order valence-corrected chi connectivity index (χ2v) is 7.97. The van der Waals surface area contributed by atoms with E-state index in [-0.39, 0.29) is 10.7 Å². The van der Waals surface area contributed by atoms with Crippen LogP contribution in [0.15, 0.2) is 47.4 Å². The number of para-hydroxylation sites is 1. The lowest BCUT2D eigenvalue weighted by molar-refractivity contribution is -0.148. The first-order valence-corrected chi connectivity index (χ1v) is 10.8. The summed E-state index contributed by atoms with van der Waals surface area (Å²) < 4.78 is 28.6. The number of rotatable bonds is 8. The summed E-state index contributed by atoms with van der Waals surface area (Å²) in [6, 6.07) is 9.03. The molecule has 0 spiro atoms. The highest BCUT2D eigenvalue weighted by Gasteiger charge is 2.41. The molecular formula is C23H21FN2O7S. The number of carbonyl (C=O) groups excluding carboxylic acids is 4. The maximum atomic E-state index is 13.0. The van der Waals surface area contributed by atoms with E-state index < -0.39 is 41.5 Å². The highest BCUT2D eigenvalue weighted by Crippen LogP contribution is 2.38. The normalized spacial score (nSPS) is 15.3. The predicted molar refractivity (Wildman–Crippen MR) is 123 cm³/mol. The number of hydrogen-bond acceptors (Lipinski definition) is 8. The largest absolute Gasteiger partial charge is 0.493 e. The molecular weight excluding hydrogens is 467 g/mol. The van der Waals surface area contributed by atoms with Gasteiger partial charge in [0.05, 0.1) is 19.1 Å². The number of nitrogens with one attached hydrogen (secondary N) is 1. The van der Waals surface area contributed by atoms with Crippen molar-refractivity contribution < 1.29 is 37.8 Å². The van der Waals surface area contributed by atoms with Crippen LogP contribution in [0.25, 0.3) is 6.08 Å². The SMILES string of the molecule is COC(=O)[C@H](C)N1C(=O)S/C(=C/c2cccc(OC)c2OCC(=O)Nc2ccc(F)cc2)C1=O. The van der Waals surface area contributed by atoms with Gasteiger partial charge in [-0.15, -0.1) is 0 Å². The van der Waals surface area contributed by atoms with Gasteiger partial charge in [0, 0.05) is 11.3 Å². The molecule has 1 aliphatic heterocycles. The Morgan fingerprint density at radius 2 is 1.85 bits per heavy atom. The van der Waals surface area contributed by atoms with E-state index in [0.717, 1.165) is 4.90 Å². The maximum absolute atomic E-state index is 13.0. The number of halogens is 1. The number of thioether (sulfide) groups is 1. The molecule has 34 heavy (non-hydrogen) atoms. The van der Waals surface area contributed by atoms with Gasteiger partial charge in [-0.05, 0) is 55.1 Å². The van der Waals surface area contributed by atoms with Crippen LogP contribution in [0.4, 0.5) is 14.9 Å². The first kappa shape index (κ1) is 24.8. The number of amides is 3. The smallest absolute Gasteiger partial charge is 0.328 e. The average Bonchev–Trinajstić information content (AvgIpc) is 3.10. The Morgan fingerprint density at radius 3 is 2.50 bits per heavy atom. The topological polar surface area (TPSA) is 111 Å². The number of imide groups is 1. The van der Waals surface area contributed by atoms with Crippen LogP contribution in [0.3, 0.4) is 0 Å². The van der Waals surface area contributed by atoms with E-state index >= 15 is 0 Å². The zero-order valence-electron chi connectivity index (χ0n) is 18.5. The number of benzene rings is 2. The van der Waals surface area contributed by atoms with Crippen LogP contribution in [0.2, 0.25) is 0 Å². The zero-order chi connectivity index (χ0) is 24.8. The van der Waals surface area contributed by atoms with Gasteiger partial charge in [0.2, 0.25) is 0 Å². The van der Waals surface area contributed by atoms with E-state index in [1.54, 1.807) is 18.2 Å². The van der Waals surface area contributed by atoms with Gasteiger partial charge in [-0.2, -0.15) is 0 Å². The summed E-state index contributed by atoms with van der Waals surface area (Å²) in [6.45, 7) is 0.990. The molecule has 1 aliphatic rings. The number of methoxy groups -OCH3 is 2. The van der Waals surface area contributed by atoms with Gasteiger partial charge in [-0.3, -0.25) is 19.3 Å². The van der Waals surface area contributed by atoms with Crippen molar-refractivity contribution in [1.29, 1.82) is 0 Å². The molecule has 0 aromatic heterocycles. The highest BCUT2D eigenvalue weighted by atomic mass is 32.2. The van der Waals surface area contributed by atoms with Crippen molar-refractivity contribution >= 4 is 46.5 Å². The van der Waals surface area contributed by atoms with Crippen LogP contribution in [-0.2, 0) is 19.1 Å². The fourth-order valence-electron chi connectivity index (χ4n) is 3.06. The Kier molecular flexibility index (Phi) is 7.90. The maximum Gasteiger partial charge on any atom is 0.328 e. The molecule has 1 atom stereocenters. The minimum Gasteiger partial charge on any atom is -0.493 e. The predicted octanol–water partition coefficient (Wildman–Crippen LogP) is 3.45. The summed E-state index contributed by atoms with van der Waals surface area (Å²) in [5, 5.41) is 1.96. The summed E-state index contributed by atoms with van der Waals surface area (Å²) in [6.07, 6.45) is 1.42. The molecule has 0 aliphatic carbocycles. The molecule has 11 heteroatoms. The molecule has 1 heterocycles. The number of ether oxygens (including phenoxy) is 3. The van der Waals surface area contributed by atoms with E-state index in [4.69, 9.17) is 9.47 Å². The van der Waals surface area contributed by atoms with Gasteiger partial charge in [-0.1, -0.05) is 12.1 Å². The first-order valence-electron chi connectivity index (χ1n) is 9.95. The minimum atomic E-state index is -1.08. The lowest BCUT2D eigenvalue weighted by Gasteiger charge is -2.18. The molecule has 3 rings (SSSR count). The molecule has 1 fully saturated rings. The second kappa shape index (κ2) is 10.8. The number of carbonyl (C=O) groups is 4. The lowest BCUT2D eigenvalue weighted by atomic mass is 10.1. The number of hydrogen-bond donors (Lipinski definition) is 1. The van der Waals surface area contributed by atoms with E-state index in [1.165, 1.54) is 51.5 Å². The number of anilines is 1. The van der Waals surface area contributed by atoms with Gasteiger partial charge in [0.25, 0.3) is 17.1 Å². The van der Waals surface area contributed by atoms with Crippen molar-refractivity contribution in [2.45, 2.75) is 13.0 Å². The quantitative estimate of drug-likeness (QED) is 0.444. The van der Waals surface area contributed by atoms with E-state index in [9.17, 15) is 23.6 Å². The summed E-state index contributed by atoms with van der Waals surface area (Å²) in [5.74, 6) is -1.84. The van der Waals surface area contributed by atoms with Crippen molar-refractivity contribution in [3.63, 3.8) is 0 Å². The van der Waals surface area contributed by atoms with Crippen molar-refractivity contribution in [2.24, 2.45) is 0 Å². The van der Waals surface area contributed by atoms with E-state index in [1.807, 2.05) is 0 Å². The van der Waals surface area contributed by atoms with Crippen molar-refractivity contribution in [3.8, 4) is 11.5 Å². The van der Waals surface area contributed by atoms with Crippen LogP contribution in [0.5, 0.6) is 11.5 Å². The Balaban J connectivity index is 1.80. The third kappa shape index (κ3) is 5.54. The molecule has 9 nitrogen and oxygen atoms in total. The summed E-state index contributed by atoms with van der Waals surface area (Å²) >= 11 is 0.667. The molecule has 1 N–H and O–H groups in total. The van der Waals surface area contributed by atoms with Crippen LogP contribution in [-0.4, -0.2) is 54.8 Å². The van der Waals surface area contributed by atoms with Crippen molar-refractivity contribution in [1.82, 2.24) is 4.90 Å². The van der Waals surface area contributed by atoms with Crippen LogP contribution in [0.1, 0.15) is 12.5 Å². The Labute approximate surface area is 198 Å². The van der Waals surface area contributed by atoms with Gasteiger partial charge in [0.15, 0.2) is 18.1 Å². The third-order valence-electron chi connectivity index (χ3n) is 4.74. The van der Waals surface area contributed by atoms with Gasteiger partial charge in [-0.25, -0.2) is 9.18 Å². The summed E-state index contributed by atoms with van der Waals surface area (Å²) in [7, 11) is 2.58. The van der Waals surface area contributed by atoms with Crippen LogP contribution >= 0.6 is 11.8 Å². The molecule has 0 unspecified atom stereocenters. The summed E-state index contributed by atoms with van der Waals surface area (Å²) in [5.41, 5.74) is 0.772. The minimum absolute atomic E-state index is 0.0645. The van der Waals surface area contributed by atoms with Crippen LogP contribution in [0, 0.1) is 5.82 Å². The zero-order valence-corrected chi connectivity index (χ0v) is 19.3. The number of nitrogens with zero attached hydrogens (tertiary/aromatic N) is 1.